The third kappa shape index (κ3) is 2.56. The van der Waals surface area contributed by atoms with Crippen LogP contribution in [0, 0.1) is 23.6 Å². The smallest absolute Gasteiger partial charge is 0.411 e. The summed E-state index contributed by atoms with van der Waals surface area (Å²) in [6.45, 7) is 0. The van der Waals surface area contributed by atoms with Crippen LogP contribution in [0.2, 0.25) is 0 Å². The summed E-state index contributed by atoms with van der Waals surface area (Å²) in [4.78, 5) is 34.5. The van der Waals surface area contributed by atoms with Crippen molar-refractivity contribution in [3.05, 3.63) is 30.1 Å². The van der Waals surface area contributed by atoms with Crippen LogP contribution >= 0.6 is 0 Å². The first-order valence-electron chi connectivity index (χ1n) is 7.22. The first-order chi connectivity index (χ1) is 11.2. The van der Waals surface area contributed by atoms with Gasteiger partial charge < -0.3 is 20.7 Å². The fraction of sp³-hybridized carbons (Fsp3) is 0.400. The van der Waals surface area contributed by atoms with Gasteiger partial charge in [0, 0.05) is 23.9 Å². The van der Waals surface area contributed by atoms with Crippen LogP contribution in [0.15, 0.2) is 24.3 Å². The van der Waals surface area contributed by atoms with Gasteiger partial charge in [0.2, 0.25) is 0 Å². The minimum Gasteiger partial charge on any atom is -0.481 e. The molecule has 3 rings (SSSR count). The molecule has 2 aliphatic rings. The number of carbonyl (C=O) groups is 3. The van der Waals surface area contributed by atoms with E-state index in [1.807, 2.05) is 0 Å². The van der Waals surface area contributed by atoms with E-state index in [0.29, 0.717) is 0 Å². The van der Waals surface area contributed by atoms with Crippen molar-refractivity contribution < 1.29 is 33.7 Å². The number of halogens is 1. The Bertz CT molecular complexity index is 726. The van der Waals surface area contributed by atoms with Gasteiger partial charge in [0.1, 0.15) is 17.5 Å². The zero-order valence-corrected chi connectivity index (χ0v) is 12.3. The second-order valence-electron chi connectivity index (χ2n) is 6.10. The summed E-state index contributed by atoms with van der Waals surface area (Å²) < 4.78 is 18.2. The highest BCUT2D eigenvalue weighted by atomic mass is 19.1. The van der Waals surface area contributed by atoms with Crippen LogP contribution in [0.25, 0.3) is 0 Å². The number of benzene rings is 1. The average molecular weight is 338 g/mol. The largest absolute Gasteiger partial charge is 0.481 e. The topological polar surface area (TPSA) is 139 Å². The van der Waals surface area contributed by atoms with Gasteiger partial charge in [0.15, 0.2) is 0 Å². The Morgan fingerprint density at radius 1 is 1.33 bits per heavy atom. The maximum Gasteiger partial charge on any atom is 0.411 e. The summed E-state index contributed by atoms with van der Waals surface area (Å²) in [5, 5.41) is 20.7. The molecule has 2 aliphatic carbocycles. The molecule has 0 aromatic heterocycles. The van der Waals surface area contributed by atoms with E-state index in [4.69, 9.17) is 15.6 Å². The molecule has 0 unspecified atom stereocenters. The first kappa shape index (κ1) is 16.2. The third-order valence-electron chi connectivity index (χ3n) is 4.65. The van der Waals surface area contributed by atoms with Crippen molar-refractivity contribution in [1.82, 2.24) is 0 Å². The van der Waals surface area contributed by atoms with Crippen molar-refractivity contribution in [2.45, 2.75) is 18.1 Å². The van der Waals surface area contributed by atoms with Gasteiger partial charge in [-0.3, -0.25) is 14.9 Å². The molecule has 0 aliphatic heterocycles. The maximum atomic E-state index is 13.1. The monoisotopic (exact) mass is 338 g/mol. The van der Waals surface area contributed by atoms with Gasteiger partial charge in [0.05, 0.1) is 5.92 Å². The maximum absolute atomic E-state index is 13.1. The molecule has 0 bridgehead atoms. The van der Waals surface area contributed by atoms with Crippen LogP contribution in [0.3, 0.4) is 0 Å². The van der Waals surface area contributed by atoms with Crippen LogP contribution < -0.4 is 11.1 Å². The Morgan fingerprint density at radius 2 is 2.04 bits per heavy atom. The SMILES string of the molecule is N[C@]1(C(=O)O)C[C@@H](OC(=O)Nc2cccc(F)c2)[C@@H]2[C@@H](C(=O)O)[C@H]21. The standard InChI is InChI=1S/C15H15FN2O6/c16-6-2-1-3-7(4-6)18-14(23)24-8-5-15(17,13(21)22)11-9(8)10(11)12(19)20/h1-4,8-11H,5,17H2,(H,18,23)(H,19,20)(H,21,22)/t8-,9-,10-,11+,15-/m1/s1. The fourth-order valence-electron chi connectivity index (χ4n) is 3.59. The summed E-state index contributed by atoms with van der Waals surface area (Å²) in [6.07, 6.45) is -2.02. The van der Waals surface area contributed by atoms with E-state index in [0.717, 1.165) is 6.07 Å². The molecule has 1 amide bonds. The Labute approximate surface area is 135 Å². The van der Waals surface area contributed by atoms with Crippen LogP contribution in [-0.2, 0) is 14.3 Å². The second-order valence-corrected chi connectivity index (χ2v) is 6.10. The second kappa shape index (κ2) is 5.45. The van der Waals surface area contributed by atoms with E-state index in [1.165, 1.54) is 18.2 Å². The molecular formula is C15H15FN2O6. The molecule has 24 heavy (non-hydrogen) atoms. The van der Waals surface area contributed by atoms with Crippen molar-refractivity contribution in [3.8, 4) is 0 Å². The molecule has 5 N–H and O–H groups in total. The minimum atomic E-state index is -1.74. The normalized spacial score (nSPS) is 33.4. The summed E-state index contributed by atoms with van der Waals surface area (Å²) in [6, 6.07) is 5.13. The number of aliphatic carboxylic acids is 2. The lowest BCUT2D eigenvalue weighted by Crippen LogP contribution is -2.51. The number of nitrogens with one attached hydrogen (secondary N) is 1. The van der Waals surface area contributed by atoms with E-state index in [2.05, 4.69) is 5.32 Å². The zero-order valence-electron chi connectivity index (χ0n) is 12.3. The van der Waals surface area contributed by atoms with Gasteiger partial charge in [-0.1, -0.05) is 6.07 Å². The number of carboxylic acids is 2. The van der Waals surface area contributed by atoms with Gasteiger partial charge in [-0.25, -0.2) is 9.18 Å². The number of hydrogen-bond donors (Lipinski definition) is 4. The van der Waals surface area contributed by atoms with Crippen molar-refractivity contribution >= 4 is 23.7 Å². The van der Waals surface area contributed by atoms with E-state index < -0.39 is 53.2 Å². The molecule has 2 saturated carbocycles. The average Bonchev–Trinajstić information content (AvgIpc) is 3.16. The first-order valence-corrected chi connectivity index (χ1v) is 7.22. The van der Waals surface area contributed by atoms with Gasteiger partial charge in [0.25, 0.3) is 0 Å². The number of carboxylic acid groups (broad SMARTS) is 2. The summed E-state index contributed by atoms with van der Waals surface area (Å²) in [5.41, 5.74) is 4.26. The van der Waals surface area contributed by atoms with Crippen LogP contribution in [-0.4, -0.2) is 39.9 Å². The summed E-state index contributed by atoms with van der Waals surface area (Å²) >= 11 is 0. The predicted molar refractivity (Wildman–Crippen MR) is 77.6 cm³/mol. The van der Waals surface area contributed by atoms with Gasteiger partial charge >= 0.3 is 18.0 Å². The number of amides is 1. The third-order valence-corrected chi connectivity index (χ3v) is 4.65. The van der Waals surface area contributed by atoms with Gasteiger partial charge in [-0.2, -0.15) is 0 Å². The quantitative estimate of drug-likeness (QED) is 0.639. The Balaban J connectivity index is 1.70. The van der Waals surface area contributed by atoms with Crippen LogP contribution in [0.4, 0.5) is 14.9 Å². The van der Waals surface area contributed by atoms with Crippen LogP contribution in [0.5, 0.6) is 0 Å². The molecule has 0 radical (unpaired) electrons. The van der Waals surface area contributed by atoms with E-state index in [9.17, 15) is 23.9 Å². The van der Waals surface area contributed by atoms with E-state index in [1.54, 1.807) is 0 Å². The number of anilines is 1. The summed E-state index contributed by atoms with van der Waals surface area (Å²) in [5.74, 6) is -5.40. The number of rotatable bonds is 4. The predicted octanol–water partition coefficient (Wildman–Crippen LogP) is 0.875. The lowest BCUT2D eigenvalue weighted by molar-refractivity contribution is -0.146. The van der Waals surface area contributed by atoms with Gasteiger partial charge in [-0.05, 0) is 18.2 Å². The minimum absolute atomic E-state index is 0.164. The highest BCUT2D eigenvalue weighted by Gasteiger charge is 2.75. The Hall–Kier alpha value is -2.68. The highest BCUT2D eigenvalue weighted by molar-refractivity contribution is 5.87. The number of fused-ring (bicyclic) bond motifs is 1. The molecule has 5 atom stereocenters. The molecule has 0 heterocycles. The van der Waals surface area contributed by atoms with E-state index >= 15 is 0 Å². The molecule has 9 heteroatoms. The fourth-order valence-corrected chi connectivity index (χ4v) is 3.59. The van der Waals surface area contributed by atoms with Gasteiger partial charge in [-0.15, -0.1) is 0 Å². The number of carbonyl (C=O) groups excluding carboxylic acids is 1. The van der Waals surface area contributed by atoms with Crippen molar-refractivity contribution in [1.29, 1.82) is 0 Å². The summed E-state index contributed by atoms with van der Waals surface area (Å²) in [7, 11) is 0. The number of hydrogen-bond acceptors (Lipinski definition) is 5. The molecular weight excluding hydrogens is 323 g/mol. The molecule has 0 saturated heterocycles. The van der Waals surface area contributed by atoms with Crippen molar-refractivity contribution in [3.63, 3.8) is 0 Å². The highest BCUT2D eigenvalue weighted by Crippen LogP contribution is 2.62. The van der Waals surface area contributed by atoms with E-state index in [-0.39, 0.29) is 12.1 Å². The van der Waals surface area contributed by atoms with Crippen molar-refractivity contribution in [2.75, 3.05) is 5.32 Å². The number of nitrogens with two attached hydrogens (primary N) is 1. The molecule has 2 fully saturated rings. The number of ether oxygens (including phenoxy) is 1. The molecule has 0 spiro atoms. The molecule has 1 aromatic carbocycles. The van der Waals surface area contributed by atoms with Crippen LogP contribution in [0.1, 0.15) is 6.42 Å². The molecule has 8 nitrogen and oxygen atoms in total. The molecule has 1 aromatic rings. The molecule has 128 valence electrons. The Morgan fingerprint density at radius 3 is 2.62 bits per heavy atom. The zero-order chi connectivity index (χ0) is 17.6. The lowest BCUT2D eigenvalue weighted by Gasteiger charge is -2.24. The lowest BCUT2D eigenvalue weighted by atomic mass is 9.91. The Kier molecular flexibility index (Phi) is 3.67. The van der Waals surface area contributed by atoms with Crippen molar-refractivity contribution in [2.24, 2.45) is 23.5 Å².